The van der Waals surface area contributed by atoms with E-state index in [0.29, 0.717) is 18.7 Å². The molecule has 0 spiro atoms. The molecule has 1 unspecified atom stereocenters. The maximum Gasteiger partial charge on any atom is 0.128 e. The molecule has 0 bridgehead atoms. The van der Waals surface area contributed by atoms with Crippen LogP contribution in [0, 0.1) is 5.82 Å². The monoisotopic (exact) mass is 310 g/mol. The average Bonchev–Trinajstić information content (AvgIpc) is 3.04. The average molecular weight is 310 g/mol. The van der Waals surface area contributed by atoms with Crippen molar-refractivity contribution in [2.24, 2.45) is 0 Å². The van der Waals surface area contributed by atoms with Crippen LogP contribution < -0.4 is 5.32 Å². The number of aromatic nitrogens is 1. The van der Waals surface area contributed by atoms with Gasteiger partial charge in [-0.15, -0.1) is 0 Å². The van der Waals surface area contributed by atoms with Gasteiger partial charge in [-0.25, -0.2) is 4.39 Å². The second-order valence-electron chi connectivity index (χ2n) is 5.42. The third-order valence-electron chi connectivity index (χ3n) is 3.78. The first-order valence-corrected chi connectivity index (χ1v) is 7.59. The summed E-state index contributed by atoms with van der Waals surface area (Å²) in [5.74, 6) is -0.232. The Morgan fingerprint density at radius 3 is 2.48 bits per heavy atom. The number of halogens is 1. The molecule has 118 valence electrons. The Kier molecular flexibility index (Phi) is 4.74. The molecule has 1 aromatic heterocycles. The van der Waals surface area contributed by atoms with E-state index in [2.05, 4.69) is 5.32 Å². The smallest absolute Gasteiger partial charge is 0.128 e. The number of hydrogen-bond acceptors (Lipinski definition) is 2. The predicted molar refractivity (Wildman–Crippen MR) is 89.8 cm³/mol. The highest BCUT2D eigenvalue weighted by molar-refractivity contribution is 5.42. The summed E-state index contributed by atoms with van der Waals surface area (Å²) in [7, 11) is 0. The third-order valence-corrected chi connectivity index (χ3v) is 3.78. The topological polar surface area (TPSA) is 37.2 Å². The van der Waals surface area contributed by atoms with Gasteiger partial charge in [0.15, 0.2) is 0 Å². The number of nitrogens with zero attached hydrogens (tertiary/aromatic N) is 1. The summed E-state index contributed by atoms with van der Waals surface area (Å²) in [4.78, 5) is 0. The van der Waals surface area contributed by atoms with Gasteiger partial charge in [0.2, 0.25) is 0 Å². The zero-order valence-electron chi connectivity index (χ0n) is 12.7. The molecule has 0 radical (unpaired) electrons. The first-order chi connectivity index (χ1) is 11.2. The molecule has 23 heavy (non-hydrogen) atoms. The summed E-state index contributed by atoms with van der Waals surface area (Å²) in [6, 6.07) is 20.1. The minimum atomic E-state index is -0.669. The van der Waals surface area contributed by atoms with Crippen molar-refractivity contribution in [1.29, 1.82) is 0 Å². The molecule has 3 aromatic rings. The highest BCUT2D eigenvalue weighted by Crippen LogP contribution is 2.18. The summed E-state index contributed by atoms with van der Waals surface area (Å²) in [6.45, 7) is 0.794. The minimum absolute atomic E-state index is 0.232. The summed E-state index contributed by atoms with van der Waals surface area (Å²) in [6.07, 6.45) is 1.19. The Bertz CT molecular complexity index is 755. The second-order valence-corrected chi connectivity index (χ2v) is 5.42. The lowest BCUT2D eigenvalue weighted by molar-refractivity contribution is 0.182. The SMILES string of the molecule is OC(CNc1ccccc1)c1cccn1Cc1ccccc1F. The van der Waals surface area contributed by atoms with E-state index in [1.807, 2.05) is 59.3 Å². The van der Waals surface area contributed by atoms with Gasteiger partial charge in [0, 0.05) is 29.7 Å². The van der Waals surface area contributed by atoms with Crippen molar-refractivity contribution in [2.75, 3.05) is 11.9 Å². The number of aliphatic hydroxyl groups excluding tert-OH is 1. The minimum Gasteiger partial charge on any atom is -0.385 e. The van der Waals surface area contributed by atoms with Crippen LogP contribution in [0.5, 0.6) is 0 Å². The maximum absolute atomic E-state index is 13.8. The third kappa shape index (κ3) is 3.79. The van der Waals surface area contributed by atoms with E-state index in [0.717, 1.165) is 11.4 Å². The van der Waals surface area contributed by atoms with Crippen LogP contribution in [0.4, 0.5) is 10.1 Å². The Balaban J connectivity index is 1.69. The standard InChI is InChI=1S/C19H19FN2O/c20-17-10-5-4-7-15(17)14-22-12-6-11-18(22)19(23)13-21-16-8-2-1-3-9-16/h1-12,19,21,23H,13-14H2. The highest BCUT2D eigenvalue weighted by atomic mass is 19.1. The molecule has 4 heteroatoms. The lowest BCUT2D eigenvalue weighted by Crippen LogP contribution is -2.16. The summed E-state index contributed by atoms with van der Waals surface area (Å²) >= 11 is 0. The van der Waals surface area contributed by atoms with Crippen molar-refractivity contribution in [3.63, 3.8) is 0 Å². The molecule has 0 saturated heterocycles. The van der Waals surface area contributed by atoms with E-state index >= 15 is 0 Å². The van der Waals surface area contributed by atoms with Crippen molar-refractivity contribution in [3.05, 3.63) is 90.0 Å². The number of aliphatic hydroxyl groups is 1. The van der Waals surface area contributed by atoms with E-state index in [9.17, 15) is 9.50 Å². The van der Waals surface area contributed by atoms with Crippen molar-refractivity contribution >= 4 is 5.69 Å². The van der Waals surface area contributed by atoms with Crippen LogP contribution in [0.25, 0.3) is 0 Å². The number of rotatable bonds is 6. The molecular weight excluding hydrogens is 291 g/mol. The Morgan fingerprint density at radius 2 is 1.70 bits per heavy atom. The molecule has 0 fully saturated rings. The summed E-state index contributed by atoms with van der Waals surface area (Å²) in [5.41, 5.74) is 2.32. The summed E-state index contributed by atoms with van der Waals surface area (Å²) in [5, 5.41) is 13.6. The van der Waals surface area contributed by atoms with Crippen LogP contribution in [0.1, 0.15) is 17.4 Å². The van der Waals surface area contributed by atoms with E-state index in [1.165, 1.54) is 6.07 Å². The molecule has 3 rings (SSSR count). The number of para-hydroxylation sites is 1. The first-order valence-electron chi connectivity index (χ1n) is 7.59. The van der Waals surface area contributed by atoms with Crippen LogP contribution in [0.2, 0.25) is 0 Å². The normalized spacial score (nSPS) is 12.1. The number of nitrogens with one attached hydrogen (secondary N) is 1. The molecule has 0 aliphatic carbocycles. The molecule has 2 N–H and O–H groups in total. The molecule has 3 nitrogen and oxygen atoms in total. The lowest BCUT2D eigenvalue weighted by atomic mass is 10.2. The van der Waals surface area contributed by atoms with Crippen LogP contribution >= 0.6 is 0 Å². The fourth-order valence-corrected chi connectivity index (χ4v) is 2.56. The molecule has 0 aliphatic rings. The summed E-state index contributed by atoms with van der Waals surface area (Å²) < 4.78 is 15.7. The van der Waals surface area contributed by atoms with Crippen LogP contribution in [-0.2, 0) is 6.54 Å². The molecule has 0 aliphatic heterocycles. The molecule has 0 amide bonds. The predicted octanol–water partition coefficient (Wildman–Crippen LogP) is 3.82. The van der Waals surface area contributed by atoms with Gasteiger partial charge in [0.25, 0.3) is 0 Å². The molecule has 2 aromatic carbocycles. The number of anilines is 1. The van der Waals surface area contributed by atoms with E-state index in [1.54, 1.807) is 12.1 Å². The van der Waals surface area contributed by atoms with Gasteiger partial charge in [-0.3, -0.25) is 0 Å². The molecular formula is C19H19FN2O. The zero-order chi connectivity index (χ0) is 16.1. The van der Waals surface area contributed by atoms with Gasteiger partial charge in [-0.2, -0.15) is 0 Å². The number of hydrogen-bond donors (Lipinski definition) is 2. The van der Waals surface area contributed by atoms with Crippen LogP contribution in [0.15, 0.2) is 72.9 Å². The molecule has 1 atom stereocenters. The van der Waals surface area contributed by atoms with Gasteiger partial charge in [0.1, 0.15) is 11.9 Å². The van der Waals surface area contributed by atoms with Gasteiger partial charge in [0.05, 0.1) is 6.54 Å². The van der Waals surface area contributed by atoms with Gasteiger partial charge in [-0.05, 0) is 30.3 Å². The van der Waals surface area contributed by atoms with Crippen molar-refractivity contribution in [1.82, 2.24) is 4.57 Å². The van der Waals surface area contributed by atoms with E-state index in [-0.39, 0.29) is 5.82 Å². The van der Waals surface area contributed by atoms with Crippen molar-refractivity contribution in [3.8, 4) is 0 Å². The Hall–Kier alpha value is -2.59. The lowest BCUT2D eigenvalue weighted by Gasteiger charge is -2.16. The molecule has 1 heterocycles. The Morgan fingerprint density at radius 1 is 0.957 bits per heavy atom. The largest absolute Gasteiger partial charge is 0.385 e. The van der Waals surface area contributed by atoms with Gasteiger partial charge in [-0.1, -0.05) is 36.4 Å². The zero-order valence-corrected chi connectivity index (χ0v) is 12.7. The van der Waals surface area contributed by atoms with Crippen molar-refractivity contribution in [2.45, 2.75) is 12.6 Å². The van der Waals surface area contributed by atoms with Crippen LogP contribution in [-0.4, -0.2) is 16.2 Å². The maximum atomic E-state index is 13.8. The quantitative estimate of drug-likeness (QED) is 0.726. The van der Waals surface area contributed by atoms with Crippen LogP contribution in [0.3, 0.4) is 0 Å². The van der Waals surface area contributed by atoms with Gasteiger partial charge >= 0.3 is 0 Å². The van der Waals surface area contributed by atoms with E-state index in [4.69, 9.17) is 0 Å². The second kappa shape index (κ2) is 7.11. The van der Waals surface area contributed by atoms with E-state index < -0.39 is 6.10 Å². The van der Waals surface area contributed by atoms with Crippen molar-refractivity contribution < 1.29 is 9.50 Å². The molecule has 0 saturated carbocycles. The Labute approximate surface area is 135 Å². The van der Waals surface area contributed by atoms with Gasteiger partial charge < -0.3 is 15.0 Å². The fourth-order valence-electron chi connectivity index (χ4n) is 2.56. The number of benzene rings is 2. The first kappa shape index (κ1) is 15.3. The fraction of sp³-hybridized carbons (Fsp3) is 0.158. The highest BCUT2D eigenvalue weighted by Gasteiger charge is 2.13.